The zero-order valence-electron chi connectivity index (χ0n) is 9.90. The molecule has 2 aromatic rings. The van der Waals surface area contributed by atoms with Gasteiger partial charge in [0.05, 0.1) is 0 Å². The number of ether oxygens (including phenoxy) is 1. The molecule has 0 heterocycles. The van der Waals surface area contributed by atoms with Crippen molar-refractivity contribution in [1.82, 2.24) is 0 Å². The Morgan fingerprint density at radius 3 is 2.63 bits per heavy atom. The van der Waals surface area contributed by atoms with Crippen LogP contribution in [0, 0.1) is 5.82 Å². The predicted octanol–water partition coefficient (Wildman–Crippen LogP) is 3.80. The highest BCUT2D eigenvalue weighted by Gasteiger charge is 2.07. The van der Waals surface area contributed by atoms with Gasteiger partial charge in [-0.25, -0.2) is 4.39 Å². The largest absolute Gasteiger partial charge is 0.489 e. The van der Waals surface area contributed by atoms with Crippen molar-refractivity contribution in [2.24, 2.45) is 5.73 Å². The molecule has 0 amide bonds. The maximum atomic E-state index is 13.6. The summed E-state index contributed by atoms with van der Waals surface area (Å²) in [7, 11) is 0. The lowest BCUT2D eigenvalue weighted by Crippen LogP contribution is -2.11. The maximum Gasteiger partial charge on any atom is 0.137 e. The van der Waals surface area contributed by atoms with Gasteiger partial charge in [-0.05, 0) is 18.2 Å². The normalized spacial score (nSPS) is 10.2. The number of hydrogen-bond donors (Lipinski definition) is 1. The summed E-state index contributed by atoms with van der Waals surface area (Å²) in [5, 5.41) is 0. The first kappa shape index (κ1) is 14.0. The van der Waals surface area contributed by atoms with E-state index in [9.17, 15) is 4.39 Å². The van der Waals surface area contributed by atoms with Crippen LogP contribution in [0.3, 0.4) is 0 Å². The number of hydrogen-bond acceptors (Lipinski definition) is 2. The minimum Gasteiger partial charge on any atom is -0.489 e. The monoisotopic (exact) mass is 339 g/mol. The topological polar surface area (TPSA) is 35.2 Å². The molecule has 19 heavy (non-hydrogen) atoms. The van der Waals surface area contributed by atoms with Gasteiger partial charge < -0.3 is 10.5 Å². The Hall–Kier alpha value is -1.46. The molecule has 0 bridgehead atoms. The summed E-state index contributed by atoms with van der Waals surface area (Å²) in [5.74, 6) is -0.0367. The smallest absolute Gasteiger partial charge is 0.137 e. The summed E-state index contributed by atoms with van der Waals surface area (Å²) in [6.45, 7) is 0.354. The van der Waals surface area contributed by atoms with E-state index in [0.717, 1.165) is 10.0 Å². The molecule has 2 N–H and O–H groups in total. The van der Waals surface area contributed by atoms with Crippen LogP contribution in [0.5, 0.6) is 5.75 Å². The third kappa shape index (κ3) is 3.52. The van der Waals surface area contributed by atoms with Crippen molar-refractivity contribution in [1.29, 1.82) is 0 Å². The van der Waals surface area contributed by atoms with Gasteiger partial charge in [-0.3, -0.25) is 0 Å². The van der Waals surface area contributed by atoms with Crippen LogP contribution in [-0.2, 0) is 6.61 Å². The van der Waals surface area contributed by atoms with Crippen LogP contribution in [0.4, 0.5) is 4.39 Å². The summed E-state index contributed by atoms with van der Waals surface area (Å²) in [6.07, 6.45) is 0. The molecule has 0 fully saturated rings. The van der Waals surface area contributed by atoms with Crippen molar-refractivity contribution in [3.8, 4) is 5.75 Å². The first-order valence-corrected chi connectivity index (χ1v) is 6.73. The lowest BCUT2D eigenvalue weighted by Gasteiger charge is -2.09. The number of halogens is 2. The molecule has 2 nitrogen and oxygen atoms in total. The van der Waals surface area contributed by atoms with Gasteiger partial charge in [0.25, 0.3) is 0 Å². The van der Waals surface area contributed by atoms with Crippen molar-refractivity contribution in [2.45, 2.75) is 6.61 Å². The van der Waals surface area contributed by atoms with Gasteiger partial charge >= 0.3 is 0 Å². The van der Waals surface area contributed by atoms with E-state index in [0.29, 0.717) is 12.4 Å². The summed E-state index contributed by atoms with van der Waals surface area (Å²) in [5.41, 5.74) is 6.61. The zero-order valence-corrected chi connectivity index (χ0v) is 12.3. The summed E-state index contributed by atoms with van der Waals surface area (Å²) < 4.78 is 20.1. The molecule has 0 saturated carbocycles. The highest BCUT2D eigenvalue weighted by molar-refractivity contribution is 9.10. The number of benzene rings is 2. The maximum absolute atomic E-state index is 13.6. The Labute approximate surface area is 124 Å². The van der Waals surface area contributed by atoms with E-state index in [1.807, 2.05) is 24.3 Å². The van der Waals surface area contributed by atoms with E-state index in [1.54, 1.807) is 6.07 Å². The minimum atomic E-state index is -0.475. The molecule has 0 aliphatic carbocycles. The predicted molar refractivity (Wildman–Crippen MR) is 80.8 cm³/mol. The van der Waals surface area contributed by atoms with Crippen LogP contribution in [0.25, 0.3) is 0 Å². The van der Waals surface area contributed by atoms with Crippen molar-refractivity contribution >= 4 is 33.1 Å². The second-order valence-electron chi connectivity index (χ2n) is 3.89. The molecule has 0 aliphatic heterocycles. The van der Waals surface area contributed by atoms with Gasteiger partial charge in [0.15, 0.2) is 0 Å². The fourth-order valence-electron chi connectivity index (χ4n) is 1.56. The van der Waals surface area contributed by atoms with Gasteiger partial charge in [-0.2, -0.15) is 0 Å². The van der Waals surface area contributed by atoms with E-state index in [1.165, 1.54) is 12.1 Å². The zero-order chi connectivity index (χ0) is 13.8. The number of nitrogens with two attached hydrogens (primary N) is 1. The SMILES string of the molecule is NC(=S)c1ccc(OCc2ccccc2Br)cc1F. The summed E-state index contributed by atoms with van der Waals surface area (Å²) >= 11 is 8.17. The number of thiocarbonyl (C=S) groups is 1. The van der Waals surface area contributed by atoms with E-state index in [-0.39, 0.29) is 10.6 Å². The molecule has 0 spiro atoms. The van der Waals surface area contributed by atoms with Crippen LogP contribution < -0.4 is 10.5 Å². The lowest BCUT2D eigenvalue weighted by molar-refractivity contribution is 0.304. The van der Waals surface area contributed by atoms with E-state index in [4.69, 9.17) is 22.7 Å². The molecule has 0 saturated heterocycles. The van der Waals surface area contributed by atoms with Crippen LogP contribution in [-0.4, -0.2) is 4.99 Å². The van der Waals surface area contributed by atoms with Crippen molar-refractivity contribution in [3.63, 3.8) is 0 Å². The molecule has 2 rings (SSSR count). The molecule has 0 atom stereocenters. The second kappa shape index (κ2) is 6.12. The highest BCUT2D eigenvalue weighted by Crippen LogP contribution is 2.21. The Kier molecular flexibility index (Phi) is 4.50. The molecule has 0 radical (unpaired) electrons. The first-order chi connectivity index (χ1) is 9.08. The Balaban J connectivity index is 2.11. The Bertz CT molecular complexity index is 618. The van der Waals surface area contributed by atoms with E-state index < -0.39 is 5.82 Å². The van der Waals surface area contributed by atoms with Crippen LogP contribution in [0.1, 0.15) is 11.1 Å². The van der Waals surface area contributed by atoms with Crippen LogP contribution >= 0.6 is 28.1 Å². The van der Waals surface area contributed by atoms with Gasteiger partial charge in [0.1, 0.15) is 23.2 Å². The standard InChI is InChI=1S/C14H11BrFNOS/c15-12-4-2-1-3-9(12)8-18-10-5-6-11(14(17)19)13(16)7-10/h1-7H,8H2,(H2,17,19). The molecular formula is C14H11BrFNOS. The van der Waals surface area contributed by atoms with E-state index in [2.05, 4.69) is 15.9 Å². The van der Waals surface area contributed by atoms with Crippen molar-refractivity contribution in [3.05, 3.63) is 63.9 Å². The third-order valence-electron chi connectivity index (χ3n) is 2.56. The average Bonchev–Trinajstić information content (AvgIpc) is 2.37. The van der Waals surface area contributed by atoms with Crippen molar-refractivity contribution in [2.75, 3.05) is 0 Å². The highest BCUT2D eigenvalue weighted by atomic mass is 79.9. The van der Waals surface area contributed by atoms with Gasteiger partial charge in [0, 0.05) is 21.7 Å². The van der Waals surface area contributed by atoms with Gasteiger partial charge in [0.2, 0.25) is 0 Å². The third-order valence-corrected chi connectivity index (χ3v) is 3.55. The molecule has 0 unspecified atom stereocenters. The minimum absolute atomic E-state index is 0.0369. The molecule has 0 aromatic heterocycles. The Morgan fingerprint density at radius 1 is 1.26 bits per heavy atom. The summed E-state index contributed by atoms with van der Waals surface area (Å²) in [4.78, 5) is 0.0369. The van der Waals surface area contributed by atoms with Gasteiger partial charge in [-0.1, -0.05) is 46.3 Å². The number of rotatable bonds is 4. The first-order valence-electron chi connectivity index (χ1n) is 5.53. The van der Waals surface area contributed by atoms with E-state index >= 15 is 0 Å². The average molecular weight is 340 g/mol. The Morgan fingerprint density at radius 2 is 2.00 bits per heavy atom. The summed E-state index contributed by atoms with van der Waals surface area (Å²) in [6, 6.07) is 12.1. The van der Waals surface area contributed by atoms with Gasteiger partial charge in [-0.15, -0.1) is 0 Å². The molecule has 5 heteroatoms. The molecular weight excluding hydrogens is 329 g/mol. The molecule has 0 aliphatic rings. The lowest BCUT2D eigenvalue weighted by atomic mass is 10.2. The molecule has 98 valence electrons. The van der Waals surface area contributed by atoms with Crippen LogP contribution in [0.2, 0.25) is 0 Å². The second-order valence-corrected chi connectivity index (χ2v) is 5.18. The molecule has 2 aromatic carbocycles. The quantitative estimate of drug-likeness (QED) is 0.860. The van der Waals surface area contributed by atoms with Crippen molar-refractivity contribution < 1.29 is 9.13 Å². The fraction of sp³-hybridized carbons (Fsp3) is 0.0714. The van der Waals surface area contributed by atoms with Crippen LogP contribution in [0.15, 0.2) is 46.9 Å². The fourth-order valence-corrected chi connectivity index (χ4v) is 2.13.